The predicted molar refractivity (Wildman–Crippen MR) is 139 cm³/mol. The van der Waals surface area contributed by atoms with Gasteiger partial charge in [-0.05, 0) is 54.9 Å². The van der Waals surface area contributed by atoms with E-state index in [9.17, 15) is 14.9 Å². The maximum Gasteiger partial charge on any atom is 0.347 e. The van der Waals surface area contributed by atoms with Gasteiger partial charge in [-0.1, -0.05) is 55.7 Å². The van der Waals surface area contributed by atoms with E-state index in [1.807, 2.05) is 0 Å². The Hall–Kier alpha value is -2.42. The molecule has 0 amide bonds. The number of fused-ring (bicyclic) bond motifs is 8. The number of carbonyl (C=O) groups excluding carboxylic acids is 1. The van der Waals surface area contributed by atoms with Crippen molar-refractivity contribution in [1.82, 2.24) is 9.97 Å². The number of rotatable bonds is 4. The number of hydrogen-bond acceptors (Lipinski definition) is 7. The van der Waals surface area contributed by atoms with Gasteiger partial charge in [0.2, 0.25) is 0 Å². The lowest BCUT2D eigenvalue weighted by atomic mass is 9.64. The monoisotopic (exact) mass is 554 g/mol. The van der Waals surface area contributed by atoms with Crippen molar-refractivity contribution in [1.29, 1.82) is 0 Å². The zero-order valence-electron chi connectivity index (χ0n) is 21.4. The molecule has 5 atom stereocenters. The van der Waals surface area contributed by atoms with Gasteiger partial charge in [0.1, 0.15) is 5.41 Å². The van der Waals surface area contributed by atoms with E-state index in [0.717, 1.165) is 36.0 Å². The molecule has 6 rings (SSSR count). The average molecular weight is 555 g/mol. The van der Waals surface area contributed by atoms with E-state index in [2.05, 4.69) is 55.7 Å². The Morgan fingerprint density at radius 2 is 1.83 bits per heavy atom. The number of halogens is 1. The van der Waals surface area contributed by atoms with Crippen molar-refractivity contribution in [2.75, 3.05) is 5.33 Å². The maximum absolute atomic E-state index is 14.0. The van der Waals surface area contributed by atoms with Crippen LogP contribution in [0.5, 0.6) is 0 Å². The van der Waals surface area contributed by atoms with Crippen LogP contribution in [0.1, 0.15) is 78.1 Å². The summed E-state index contributed by atoms with van der Waals surface area (Å²) in [4.78, 5) is 40.6. The first-order chi connectivity index (χ1) is 16.9. The van der Waals surface area contributed by atoms with Gasteiger partial charge in [0.15, 0.2) is 0 Å². The van der Waals surface area contributed by atoms with Gasteiger partial charge >= 0.3 is 5.97 Å². The van der Waals surface area contributed by atoms with Crippen molar-refractivity contribution in [3.63, 3.8) is 0 Å². The van der Waals surface area contributed by atoms with E-state index in [4.69, 9.17) is 14.8 Å². The Morgan fingerprint density at radius 3 is 2.50 bits per heavy atom. The van der Waals surface area contributed by atoms with E-state index in [1.54, 1.807) is 6.07 Å². The van der Waals surface area contributed by atoms with Crippen LogP contribution in [-0.2, 0) is 20.5 Å². The molecule has 36 heavy (non-hydrogen) atoms. The van der Waals surface area contributed by atoms with Gasteiger partial charge in [0.25, 0.3) is 5.69 Å². The van der Waals surface area contributed by atoms with Crippen LogP contribution in [0.4, 0.5) is 5.69 Å². The van der Waals surface area contributed by atoms with Crippen LogP contribution < -0.4 is 0 Å². The molecule has 8 nitrogen and oxygen atoms in total. The summed E-state index contributed by atoms with van der Waals surface area (Å²) >= 11 is 3.73. The molecule has 9 heteroatoms. The normalized spacial score (nSPS) is 38.6. The Balaban J connectivity index is 1.43. The van der Waals surface area contributed by atoms with Gasteiger partial charge < -0.3 is 4.84 Å². The molecule has 1 aromatic heterocycles. The zero-order chi connectivity index (χ0) is 25.9. The number of carbonyl (C=O) groups is 1. The molecular formula is C27H31BrN4O4. The summed E-state index contributed by atoms with van der Waals surface area (Å²) in [5, 5.41) is 16.8. The highest BCUT2D eigenvalue weighted by molar-refractivity contribution is 9.09. The van der Waals surface area contributed by atoms with Crippen LogP contribution in [0, 0.1) is 32.3 Å². The summed E-state index contributed by atoms with van der Waals surface area (Å²) in [5.41, 5.74) is 1.43. The number of nitrogens with zero attached hydrogens (tertiary/aromatic N) is 4. The number of oxime groups is 1. The largest absolute Gasteiger partial charge is 0.347 e. The number of hydrogen-bond donors (Lipinski definition) is 0. The molecular weight excluding hydrogens is 524 g/mol. The summed E-state index contributed by atoms with van der Waals surface area (Å²) < 4.78 is 0. The molecule has 0 saturated heterocycles. The minimum atomic E-state index is -1.01. The molecule has 1 aromatic carbocycles. The van der Waals surface area contributed by atoms with Gasteiger partial charge in [-0.3, -0.25) is 10.1 Å². The smallest absolute Gasteiger partial charge is 0.317 e. The van der Waals surface area contributed by atoms with Crippen molar-refractivity contribution in [3.8, 4) is 0 Å². The minimum Gasteiger partial charge on any atom is -0.317 e. The second-order valence-electron chi connectivity index (χ2n) is 12.5. The predicted octanol–water partition coefficient (Wildman–Crippen LogP) is 5.99. The first-order valence-corrected chi connectivity index (χ1v) is 13.8. The second-order valence-corrected chi connectivity index (χ2v) is 13.0. The average Bonchev–Trinajstić information content (AvgIpc) is 3.37. The van der Waals surface area contributed by atoms with Gasteiger partial charge in [-0.2, -0.15) is 0 Å². The van der Waals surface area contributed by atoms with Crippen LogP contribution >= 0.6 is 15.9 Å². The lowest BCUT2D eigenvalue weighted by Crippen LogP contribution is -2.46. The lowest BCUT2D eigenvalue weighted by molar-refractivity contribution is -0.384. The number of non-ortho nitro benzene ring substituents is 1. The number of nitro groups is 1. The molecule has 190 valence electrons. The summed E-state index contributed by atoms with van der Waals surface area (Å²) in [6.07, 6.45) is 4.44. The standard InChI is InChI=1S/C27H31BrN4O4/c1-23(2)25(4)10-11-27(23,21-20(25)29-17-7-6-16(32(34)35)13-18(17)30-21)22(33)36-31-19-12-15-8-9-24(19,3)26(15,5)14-28/h6-7,13,15H,8-12,14H2,1-5H3/b31-19+. The highest BCUT2D eigenvalue weighted by Gasteiger charge is 2.74. The molecule has 4 aliphatic rings. The Bertz CT molecular complexity index is 1390. The Morgan fingerprint density at radius 1 is 1.11 bits per heavy atom. The Labute approximate surface area is 218 Å². The number of aromatic nitrogens is 2. The molecule has 3 fully saturated rings. The topological polar surface area (TPSA) is 108 Å². The Kier molecular flexibility index (Phi) is 4.73. The van der Waals surface area contributed by atoms with Crippen LogP contribution in [0.25, 0.3) is 11.0 Å². The molecule has 1 heterocycles. The SMILES string of the molecule is CC12CCC(C/C1=N\OC(=O)C13CCC(C)(c4nc5ccc([N+](=O)[O-])cc5nc41)C3(C)C)C2(C)CBr. The van der Waals surface area contributed by atoms with E-state index < -0.39 is 21.7 Å². The van der Waals surface area contributed by atoms with E-state index in [1.165, 1.54) is 18.6 Å². The fourth-order valence-electron chi connectivity index (χ4n) is 8.00. The van der Waals surface area contributed by atoms with Crippen LogP contribution in [-0.4, -0.2) is 31.9 Å². The lowest BCUT2D eigenvalue weighted by Gasteiger charge is -2.38. The molecule has 4 aliphatic carbocycles. The summed E-state index contributed by atoms with van der Waals surface area (Å²) in [6.45, 7) is 10.9. The molecule has 5 unspecified atom stereocenters. The summed E-state index contributed by atoms with van der Waals surface area (Å²) in [6, 6.07) is 4.51. The zero-order valence-corrected chi connectivity index (χ0v) is 22.9. The quantitative estimate of drug-likeness (QED) is 0.199. The van der Waals surface area contributed by atoms with E-state index >= 15 is 0 Å². The molecule has 2 aromatic rings. The molecule has 0 aliphatic heterocycles. The molecule has 3 saturated carbocycles. The fraction of sp³-hybridized carbons (Fsp3) is 0.630. The number of alkyl halides is 1. The van der Waals surface area contributed by atoms with Crippen molar-refractivity contribution < 1.29 is 14.6 Å². The third-order valence-electron chi connectivity index (χ3n) is 11.3. The van der Waals surface area contributed by atoms with Crippen molar-refractivity contribution in [3.05, 3.63) is 39.7 Å². The molecule has 0 N–H and O–H groups in total. The minimum absolute atomic E-state index is 0.0484. The highest BCUT2D eigenvalue weighted by atomic mass is 79.9. The van der Waals surface area contributed by atoms with Gasteiger partial charge in [0.05, 0.1) is 33.1 Å². The molecule has 4 bridgehead atoms. The van der Waals surface area contributed by atoms with Crippen LogP contribution in [0.15, 0.2) is 23.4 Å². The second kappa shape index (κ2) is 7.11. The third kappa shape index (κ3) is 2.50. The highest BCUT2D eigenvalue weighted by Crippen LogP contribution is 2.70. The maximum atomic E-state index is 14.0. The van der Waals surface area contributed by atoms with Crippen molar-refractivity contribution >= 4 is 44.3 Å². The molecule has 0 spiro atoms. The fourth-order valence-corrected chi connectivity index (χ4v) is 9.08. The summed E-state index contributed by atoms with van der Waals surface area (Å²) in [7, 11) is 0. The van der Waals surface area contributed by atoms with Gasteiger partial charge in [-0.25, -0.2) is 14.8 Å². The van der Waals surface area contributed by atoms with Gasteiger partial charge in [-0.15, -0.1) is 0 Å². The number of benzene rings is 1. The molecule has 0 radical (unpaired) electrons. The van der Waals surface area contributed by atoms with E-state index in [0.29, 0.717) is 29.1 Å². The first-order valence-electron chi connectivity index (χ1n) is 12.7. The first kappa shape index (κ1) is 23.9. The van der Waals surface area contributed by atoms with Crippen molar-refractivity contribution in [2.45, 2.75) is 77.6 Å². The summed E-state index contributed by atoms with van der Waals surface area (Å²) in [5.74, 6) is 0.136. The third-order valence-corrected chi connectivity index (χ3v) is 12.5. The van der Waals surface area contributed by atoms with E-state index in [-0.39, 0.29) is 21.9 Å². The van der Waals surface area contributed by atoms with Crippen LogP contribution in [0.3, 0.4) is 0 Å². The van der Waals surface area contributed by atoms with Crippen molar-refractivity contribution in [2.24, 2.45) is 27.3 Å². The number of nitro benzene ring substituents is 1. The van der Waals surface area contributed by atoms with Gasteiger partial charge in [0, 0.05) is 28.3 Å². The van der Waals surface area contributed by atoms with Crippen LogP contribution in [0.2, 0.25) is 0 Å².